The van der Waals surface area contributed by atoms with Gasteiger partial charge in [0.15, 0.2) is 0 Å². The zero-order chi connectivity index (χ0) is 13.0. The maximum atomic E-state index is 11.3. The highest BCUT2D eigenvalue weighted by Crippen LogP contribution is 2.19. The Balaban J connectivity index is 2.19. The van der Waals surface area contributed by atoms with E-state index >= 15 is 0 Å². The zero-order valence-electron chi connectivity index (χ0n) is 11.1. The molecule has 0 saturated carbocycles. The third kappa shape index (κ3) is 3.23. The Kier molecular flexibility index (Phi) is 3.87. The highest BCUT2D eigenvalue weighted by molar-refractivity contribution is 5.74. The number of hydrogen-bond acceptors (Lipinski definition) is 3. The first kappa shape index (κ1) is 12.9. The lowest BCUT2D eigenvalue weighted by atomic mass is 10.0. The van der Waals surface area contributed by atoms with Gasteiger partial charge in [0.2, 0.25) is 5.91 Å². The van der Waals surface area contributed by atoms with Crippen LogP contribution in [0.4, 0.5) is 0 Å². The second kappa shape index (κ2) is 5.40. The van der Waals surface area contributed by atoms with Gasteiger partial charge in [0.1, 0.15) is 0 Å². The van der Waals surface area contributed by atoms with Gasteiger partial charge in [-0.05, 0) is 19.1 Å². The van der Waals surface area contributed by atoms with E-state index in [1.807, 2.05) is 25.2 Å². The number of allylic oxidation sites excluding steroid dienone is 3. The largest absolute Gasteiger partial charge is 0.369 e. The van der Waals surface area contributed by atoms with Crippen molar-refractivity contribution in [2.24, 2.45) is 0 Å². The van der Waals surface area contributed by atoms with Crippen LogP contribution in [-0.4, -0.2) is 42.5 Å². The summed E-state index contributed by atoms with van der Waals surface area (Å²) >= 11 is 0. The Morgan fingerprint density at radius 1 is 1.39 bits per heavy atom. The van der Waals surface area contributed by atoms with Gasteiger partial charge in [-0.25, -0.2) is 0 Å². The van der Waals surface area contributed by atoms with Crippen LogP contribution in [0.2, 0.25) is 0 Å². The summed E-state index contributed by atoms with van der Waals surface area (Å²) in [4.78, 5) is 13.6. The Hall–Kier alpha value is -1.55. The third-order valence-corrected chi connectivity index (χ3v) is 3.20. The smallest absolute Gasteiger partial charge is 0.217 e. The first-order valence-corrected chi connectivity index (χ1v) is 6.42. The van der Waals surface area contributed by atoms with Gasteiger partial charge in [0, 0.05) is 38.8 Å². The molecule has 2 aliphatic rings. The molecule has 1 saturated heterocycles. The van der Waals surface area contributed by atoms with Crippen molar-refractivity contribution >= 4 is 5.91 Å². The van der Waals surface area contributed by atoms with E-state index < -0.39 is 5.54 Å². The molecule has 2 N–H and O–H groups in total. The van der Waals surface area contributed by atoms with E-state index in [1.54, 1.807) is 6.92 Å². The molecular weight excluding hydrogens is 226 g/mol. The van der Waals surface area contributed by atoms with E-state index in [0.29, 0.717) is 0 Å². The van der Waals surface area contributed by atoms with Crippen LogP contribution < -0.4 is 10.6 Å². The van der Waals surface area contributed by atoms with Gasteiger partial charge < -0.3 is 15.5 Å². The van der Waals surface area contributed by atoms with Crippen LogP contribution >= 0.6 is 0 Å². The molecule has 4 nitrogen and oxygen atoms in total. The standard InChI is InChI=1S/C14H21N3O/c1-12(18)16-14(2)6-4-3-5-13(11-14)17-9-7-15-8-10-17/h3-6,11,15H,7-10H2,1-2H3,(H,16,18). The van der Waals surface area contributed by atoms with Gasteiger partial charge >= 0.3 is 0 Å². The Morgan fingerprint density at radius 3 is 2.78 bits per heavy atom. The van der Waals surface area contributed by atoms with Crippen molar-refractivity contribution in [3.63, 3.8) is 0 Å². The summed E-state index contributed by atoms with van der Waals surface area (Å²) < 4.78 is 0. The van der Waals surface area contributed by atoms with Gasteiger partial charge in [-0.3, -0.25) is 4.79 Å². The van der Waals surface area contributed by atoms with Crippen LogP contribution in [0.25, 0.3) is 0 Å². The minimum absolute atomic E-state index is 0.0139. The molecule has 1 heterocycles. The molecule has 0 radical (unpaired) electrons. The predicted octanol–water partition coefficient (Wildman–Crippen LogP) is 0.796. The van der Waals surface area contributed by atoms with E-state index in [0.717, 1.165) is 26.2 Å². The van der Waals surface area contributed by atoms with Crippen LogP contribution in [0, 0.1) is 0 Å². The first-order chi connectivity index (χ1) is 8.59. The van der Waals surface area contributed by atoms with Gasteiger partial charge in [-0.1, -0.05) is 18.2 Å². The van der Waals surface area contributed by atoms with Crippen molar-refractivity contribution < 1.29 is 4.79 Å². The lowest BCUT2D eigenvalue weighted by Crippen LogP contribution is -2.45. The quantitative estimate of drug-likeness (QED) is 0.758. The monoisotopic (exact) mass is 247 g/mol. The van der Waals surface area contributed by atoms with Crippen molar-refractivity contribution in [3.8, 4) is 0 Å². The first-order valence-electron chi connectivity index (χ1n) is 6.42. The van der Waals surface area contributed by atoms with Crippen LogP contribution in [0.5, 0.6) is 0 Å². The molecule has 0 aromatic heterocycles. The van der Waals surface area contributed by atoms with E-state index in [1.165, 1.54) is 5.70 Å². The van der Waals surface area contributed by atoms with Crippen LogP contribution in [0.3, 0.4) is 0 Å². The summed E-state index contributed by atoms with van der Waals surface area (Å²) in [5, 5.41) is 6.33. The van der Waals surface area contributed by atoms with E-state index in [4.69, 9.17) is 0 Å². The van der Waals surface area contributed by atoms with E-state index in [-0.39, 0.29) is 5.91 Å². The molecule has 1 atom stereocenters. The number of rotatable bonds is 2. The number of piperazine rings is 1. The molecule has 0 aromatic rings. The SMILES string of the molecule is CC(=O)NC1(C)C=CC=CC(N2CCNCC2)=C1. The van der Waals surface area contributed by atoms with Crippen molar-refractivity contribution in [2.45, 2.75) is 19.4 Å². The Bertz CT molecular complexity index is 405. The van der Waals surface area contributed by atoms with Crippen molar-refractivity contribution in [1.29, 1.82) is 0 Å². The Labute approximate surface area is 108 Å². The van der Waals surface area contributed by atoms with Gasteiger partial charge in [-0.2, -0.15) is 0 Å². The molecule has 1 amide bonds. The van der Waals surface area contributed by atoms with E-state index in [2.05, 4.69) is 27.7 Å². The number of carbonyl (C=O) groups is 1. The molecule has 1 aliphatic carbocycles. The molecule has 0 bridgehead atoms. The molecule has 1 aliphatic heterocycles. The summed E-state index contributed by atoms with van der Waals surface area (Å²) in [6.45, 7) is 7.60. The fraction of sp³-hybridized carbons (Fsp3) is 0.500. The molecule has 0 aromatic carbocycles. The fourth-order valence-corrected chi connectivity index (χ4v) is 2.39. The number of nitrogens with zero attached hydrogens (tertiary/aromatic N) is 1. The van der Waals surface area contributed by atoms with Crippen LogP contribution in [0.15, 0.2) is 36.1 Å². The van der Waals surface area contributed by atoms with Gasteiger partial charge in [0.05, 0.1) is 5.54 Å². The van der Waals surface area contributed by atoms with Crippen LogP contribution in [-0.2, 0) is 4.79 Å². The van der Waals surface area contributed by atoms with Gasteiger partial charge in [-0.15, -0.1) is 0 Å². The lowest BCUT2D eigenvalue weighted by molar-refractivity contribution is -0.119. The molecule has 4 heteroatoms. The fourth-order valence-electron chi connectivity index (χ4n) is 2.39. The van der Waals surface area contributed by atoms with Crippen molar-refractivity contribution in [3.05, 3.63) is 36.1 Å². The minimum atomic E-state index is -0.407. The third-order valence-electron chi connectivity index (χ3n) is 3.20. The highest BCUT2D eigenvalue weighted by Gasteiger charge is 2.22. The van der Waals surface area contributed by atoms with Gasteiger partial charge in [0.25, 0.3) is 0 Å². The molecule has 1 fully saturated rings. The number of amides is 1. The number of carbonyl (C=O) groups excluding carboxylic acids is 1. The normalized spacial score (nSPS) is 27.7. The molecular formula is C14H21N3O. The molecule has 98 valence electrons. The average molecular weight is 247 g/mol. The average Bonchev–Trinajstić information content (AvgIpc) is 2.51. The molecule has 18 heavy (non-hydrogen) atoms. The molecule has 2 rings (SSSR count). The van der Waals surface area contributed by atoms with Crippen LogP contribution in [0.1, 0.15) is 13.8 Å². The van der Waals surface area contributed by atoms with E-state index in [9.17, 15) is 4.79 Å². The second-order valence-electron chi connectivity index (χ2n) is 4.99. The Morgan fingerprint density at radius 2 is 2.11 bits per heavy atom. The zero-order valence-corrected chi connectivity index (χ0v) is 11.1. The summed E-state index contributed by atoms with van der Waals surface area (Å²) in [7, 11) is 0. The second-order valence-corrected chi connectivity index (χ2v) is 4.99. The maximum Gasteiger partial charge on any atom is 0.217 e. The summed E-state index contributed by atoms with van der Waals surface area (Å²) in [6, 6.07) is 0. The van der Waals surface area contributed by atoms with Crippen molar-refractivity contribution in [2.75, 3.05) is 26.2 Å². The maximum absolute atomic E-state index is 11.3. The molecule has 1 unspecified atom stereocenters. The lowest BCUT2D eigenvalue weighted by Gasteiger charge is -2.32. The highest BCUT2D eigenvalue weighted by atomic mass is 16.1. The summed E-state index contributed by atoms with van der Waals surface area (Å²) in [5.74, 6) is -0.0139. The molecule has 0 spiro atoms. The summed E-state index contributed by atoms with van der Waals surface area (Å²) in [5.41, 5.74) is 0.771. The number of hydrogen-bond donors (Lipinski definition) is 2. The van der Waals surface area contributed by atoms with Crippen molar-refractivity contribution in [1.82, 2.24) is 15.5 Å². The summed E-state index contributed by atoms with van der Waals surface area (Å²) in [6.07, 6.45) is 10.3. The number of nitrogens with one attached hydrogen (secondary N) is 2. The minimum Gasteiger partial charge on any atom is -0.369 e. The topological polar surface area (TPSA) is 44.4 Å². The predicted molar refractivity (Wildman–Crippen MR) is 73.0 cm³/mol.